The molecule has 0 N–H and O–H groups in total. The number of carbonyl (C=O) groups is 1. The molecule has 1 aromatic rings. The number of halogens is 6. The summed E-state index contributed by atoms with van der Waals surface area (Å²) in [7, 11) is 0. The van der Waals surface area contributed by atoms with E-state index in [0.717, 1.165) is 18.2 Å². The lowest BCUT2D eigenvalue weighted by molar-refractivity contribution is -0.287. The molecule has 0 atom stereocenters. The molecule has 0 aromatic heterocycles. The molecule has 0 aliphatic rings. The summed E-state index contributed by atoms with van der Waals surface area (Å²) in [5.74, 6) is -2.30. The summed E-state index contributed by atoms with van der Waals surface area (Å²) in [5, 5.41) is 0. The van der Waals surface area contributed by atoms with Crippen LogP contribution in [0.15, 0.2) is 24.3 Å². The summed E-state index contributed by atoms with van der Waals surface area (Å²) in [6.07, 6.45) is -7.95. The molecule has 0 saturated carbocycles. The van der Waals surface area contributed by atoms with Gasteiger partial charge in [-0.3, -0.25) is 4.79 Å². The molecule has 0 spiro atoms. The van der Waals surface area contributed by atoms with Gasteiger partial charge in [-0.1, -0.05) is 12.1 Å². The molecule has 0 saturated heterocycles. The van der Waals surface area contributed by atoms with Crippen LogP contribution < -0.4 is 9.47 Å². The monoisotopic (exact) mass is 300 g/mol. The molecule has 1 aromatic carbocycles. The van der Waals surface area contributed by atoms with Crippen LogP contribution in [-0.2, 0) is 4.79 Å². The van der Waals surface area contributed by atoms with E-state index in [9.17, 15) is 31.1 Å². The molecule has 3 nitrogen and oxygen atoms in total. The van der Waals surface area contributed by atoms with Gasteiger partial charge in [0.2, 0.25) is 0 Å². The van der Waals surface area contributed by atoms with Gasteiger partial charge in [0.1, 0.15) is 6.29 Å². The Hall–Kier alpha value is -2.19. The molecular formula is C11H6F6O3. The Kier molecular flexibility index (Phi) is 4.64. The standard InChI is InChI=1S/C11H6F6O3/c12-10(13,14)19-8-4-3-7(2-1-5-18)6-9(8)20-11(15,16)17/h1-6H/b2-1+. The zero-order chi connectivity index (χ0) is 15.4. The van der Waals surface area contributed by atoms with Gasteiger partial charge in [0.05, 0.1) is 0 Å². The number of hydrogen-bond donors (Lipinski definition) is 0. The van der Waals surface area contributed by atoms with Gasteiger partial charge in [-0.2, -0.15) is 0 Å². The lowest BCUT2D eigenvalue weighted by atomic mass is 10.2. The predicted octanol–water partition coefficient (Wildman–Crippen LogP) is 3.70. The summed E-state index contributed by atoms with van der Waals surface area (Å²) in [6, 6.07) is 2.35. The van der Waals surface area contributed by atoms with Crippen molar-refractivity contribution in [2.75, 3.05) is 0 Å². The zero-order valence-corrected chi connectivity index (χ0v) is 9.46. The highest BCUT2D eigenvalue weighted by atomic mass is 19.4. The molecule has 0 heterocycles. The van der Waals surface area contributed by atoms with Crippen molar-refractivity contribution in [3.63, 3.8) is 0 Å². The van der Waals surface area contributed by atoms with Crippen LogP contribution in [0.25, 0.3) is 6.08 Å². The molecule has 0 fully saturated rings. The number of rotatable bonds is 4. The van der Waals surface area contributed by atoms with E-state index in [1.165, 1.54) is 0 Å². The first kappa shape index (κ1) is 15.9. The summed E-state index contributed by atoms with van der Waals surface area (Å²) < 4.78 is 79.3. The SMILES string of the molecule is O=C/C=C/c1ccc(OC(F)(F)F)c(OC(F)(F)F)c1. The van der Waals surface area contributed by atoms with Crippen molar-refractivity contribution in [3.8, 4) is 11.5 Å². The van der Waals surface area contributed by atoms with Crippen molar-refractivity contribution in [1.29, 1.82) is 0 Å². The highest BCUT2D eigenvalue weighted by Gasteiger charge is 2.36. The maximum Gasteiger partial charge on any atom is 0.573 e. The van der Waals surface area contributed by atoms with Gasteiger partial charge >= 0.3 is 12.7 Å². The van der Waals surface area contributed by atoms with Crippen molar-refractivity contribution >= 4 is 12.4 Å². The molecule has 0 bridgehead atoms. The molecule has 0 aliphatic heterocycles. The van der Waals surface area contributed by atoms with Crippen molar-refractivity contribution < 1.29 is 40.6 Å². The Bertz CT molecular complexity index is 504. The minimum atomic E-state index is -5.18. The summed E-state index contributed by atoms with van der Waals surface area (Å²) >= 11 is 0. The van der Waals surface area contributed by atoms with Gasteiger partial charge in [0, 0.05) is 0 Å². The maximum atomic E-state index is 12.1. The number of allylic oxidation sites excluding steroid dienone is 1. The van der Waals surface area contributed by atoms with E-state index in [1.807, 2.05) is 0 Å². The average Bonchev–Trinajstić information content (AvgIpc) is 2.25. The van der Waals surface area contributed by atoms with Crippen LogP contribution in [-0.4, -0.2) is 19.0 Å². The molecule has 0 unspecified atom stereocenters. The molecule has 9 heteroatoms. The third kappa shape index (κ3) is 5.63. The van der Waals surface area contributed by atoms with Crippen LogP contribution in [0.2, 0.25) is 0 Å². The topological polar surface area (TPSA) is 35.5 Å². The number of benzene rings is 1. The molecule has 0 radical (unpaired) electrons. The van der Waals surface area contributed by atoms with Crippen LogP contribution in [0.5, 0.6) is 11.5 Å². The Morgan fingerprint density at radius 1 is 0.900 bits per heavy atom. The minimum absolute atomic E-state index is 0.0332. The third-order valence-corrected chi connectivity index (χ3v) is 1.79. The second-order valence-corrected chi connectivity index (χ2v) is 3.30. The quantitative estimate of drug-likeness (QED) is 0.483. The van der Waals surface area contributed by atoms with Gasteiger partial charge in [0.15, 0.2) is 11.5 Å². The third-order valence-electron chi connectivity index (χ3n) is 1.79. The minimum Gasteiger partial charge on any atom is -0.402 e. The number of carbonyl (C=O) groups excluding carboxylic acids is 1. The average molecular weight is 300 g/mol. The summed E-state index contributed by atoms with van der Waals surface area (Å²) in [5.41, 5.74) is 0.0332. The second kappa shape index (κ2) is 5.85. The van der Waals surface area contributed by atoms with E-state index in [-0.39, 0.29) is 5.56 Å². The fourth-order valence-electron chi connectivity index (χ4n) is 1.19. The summed E-state index contributed by atoms with van der Waals surface area (Å²) in [6.45, 7) is 0. The van der Waals surface area contributed by atoms with Gasteiger partial charge < -0.3 is 9.47 Å². The first-order chi connectivity index (χ1) is 9.11. The fourth-order valence-corrected chi connectivity index (χ4v) is 1.19. The van der Waals surface area contributed by atoms with Crippen LogP contribution in [0.4, 0.5) is 26.3 Å². The maximum absolute atomic E-state index is 12.1. The van der Waals surface area contributed by atoms with E-state index in [2.05, 4.69) is 9.47 Å². The molecule has 110 valence electrons. The number of alkyl halides is 6. The highest BCUT2D eigenvalue weighted by Crippen LogP contribution is 2.36. The van der Waals surface area contributed by atoms with Gasteiger partial charge in [0.25, 0.3) is 0 Å². The van der Waals surface area contributed by atoms with Crippen LogP contribution in [0.1, 0.15) is 5.56 Å². The number of ether oxygens (including phenoxy) is 2. The van der Waals surface area contributed by atoms with Crippen LogP contribution in [0, 0.1) is 0 Å². The zero-order valence-electron chi connectivity index (χ0n) is 9.46. The lowest BCUT2D eigenvalue weighted by Crippen LogP contribution is -2.21. The van der Waals surface area contributed by atoms with Crippen molar-refractivity contribution in [2.24, 2.45) is 0 Å². The Labute approximate surface area is 108 Å². The van der Waals surface area contributed by atoms with Crippen LogP contribution in [0.3, 0.4) is 0 Å². The first-order valence-electron chi connectivity index (χ1n) is 4.88. The predicted molar refractivity (Wildman–Crippen MR) is 54.9 cm³/mol. The lowest BCUT2D eigenvalue weighted by Gasteiger charge is -2.15. The Balaban J connectivity index is 3.15. The van der Waals surface area contributed by atoms with Gasteiger partial charge in [-0.25, -0.2) is 0 Å². The van der Waals surface area contributed by atoms with E-state index in [4.69, 9.17) is 0 Å². The van der Waals surface area contributed by atoms with Crippen LogP contribution >= 0.6 is 0 Å². The highest BCUT2D eigenvalue weighted by molar-refractivity contribution is 5.74. The van der Waals surface area contributed by atoms with E-state index < -0.39 is 24.2 Å². The normalized spacial score (nSPS) is 12.5. The van der Waals surface area contributed by atoms with Gasteiger partial charge in [-0.05, 0) is 23.8 Å². The number of hydrogen-bond acceptors (Lipinski definition) is 3. The number of aldehydes is 1. The Morgan fingerprint density at radius 2 is 1.45 bits per heavy atom. The fraction of sp³-hybridized carbons (Fsp3) is 0.182. The summed E-state index contributed by atoms with van der Waals surface area (Å²) in [4.78, 5) is 10.1. The van der Waals surface area contributed by atoms with E-state index in [1.54, 1.807) is 0 Å². The Morgan fingerprint density at radius 3 is 1.95 bits per heavy atom. The van der Waals surface area contributed by atoms with Gasteiger partial charge in [-0.15, -0.1) is 26.3 Å². The van der Waals surface area contributed by atoms with E-state index in [0.29, 0.717) is 18.4 Å². The largest absolute Gasteiger partial charge is 0.573 e. The molecular weight excluding hydrogens is 294 g/mol. The molecule has 0 amide bonds. The van der Waals surface area contributed by atoms with Crippen molar-refractivity contribution in [2.45, 2.75) is 12.7 Å². The molecule has 1 rings (SSSR count). The smallest absolute Gasteiger partial charge is 0.402 e. The van der Waals surface area contributed by atoms with E-state index >= 15 is 0 Å². The van der Waals surface area contributed by atoms with Crippen molar-refractivity contribution in [3.05, 3.63) is 29.8 Å². The molecule has 20 heavy (non-hydrogen) atoms. The van der Waals surface area contributed by atoms with Crippen molar-refractivity contribution in [1.82, 2.24) is 0 Å². The molecule has 0 aliphatic carbocycles. The second-order valence-electron chi connectivity index (χ2n) is 3.30. The first-order valence-corrected chi connectivity index (χ1v) is 4.88.